The van der Waals surface area contributed by atoms with E-state index in [0.29, 0.717) is 17.9 Å². The molecule has 0 atom stereocenters. The van der Waals surface area contributed by atoms with Gasteiger partial charge in [-0.15, -0.1) is 0 Å². The summed E-state index contributed by atoms with van der Waals surface area (Å²) in [5.74, 6) is 1.04. The van der Waals surface area contributed by atoms with Crippen LogP contribution >= 0.6 is 35.0 Å². The quantitative estimate of drug-likeness (QED) is 0.197. The summed E-state index contributed by atoms with van der Waals surface area (Å²) >= 11 is 14.0. The molecule has 2 nitrogen and oxygen atoms in total. The molecule has 0 bridgehead atoms. The number of halogens is 5. The van der Waals surface area contributed by atoms with Crippen molar-refractivity contribution < 1.29 is 22.7 Å². The van der Waals surface area contributed by atoms with Crippen molar-refractivity contribution in [2.24, 2.45) is 0 Å². The molecule has 36 heavy (non-hydrogen) atoms. The summed E-state index contributed by atoms with van der Waals surface area (Å²) in [4.78, 5) is 11.0. The fraction of sp³-hybridized carbons (Fsp3) is 0.321. The molecule has 0 saturated carbocycles. The topological polar surface area (TPSA) is 26.3 Å². The van der Waals surface area contributed by atoms with E-state index in [1.165, 1.54) is 11.1 Å². The first-order valence-electron chi connectivity index (χ1n) is 11.6. The molecule has 0 aromatic heterocycles. The van der Waals surface area contributed by atoms with Crippen molar-refractivity contribution >= 4 is 40.7 Å². The lowest BCUT2D eigenvalue weighted by Crippen LogP contribution is -2.22. The molecule has 0 amide bonds. The Morgan fingerprint density at radius 1 is 0.833 bits per heavy atom. The predicted octanol–water partition coefficient (Wildman–Crippen LogP) is 8.78. The van der Waals surface area contributed by atoms with E-state index in [2.05, 4.69) is 24.3 Å². The predicted molar refractivity (Wildman–Crippen MR) is 143 cm³/mol. The second-order valence-corrected chi connectivity index (χ2v) is 10.4. The third kappa shape index (κ3) is 9.38. The monoisotopic (exact) mass is 554 g/mol. The molecular formula is C28H27Cl2F3O2S. The molecule has 0 aliphatic heterocycles. The van der Waals surface area contributed by atoms with Crippen LogP contribution in [0.1, 0.15) is 41.9 Å². The first-order chi connectivity index (χ1) is 17.2. The fourth-order valence-electron chi connectivity index (χ4n) is 3.78. The second-order valence-electron chi connectivity index (χ2n) is 8.32. The number of benzene rings is 3. The fourth-order valence-corrected chi connectivity index (χ4v) is 4.81. The van der Waals surface area contributed by atoms with Crippen molar-refractivity contribution in [1.29, 1.82) is 0 Å². The van der Waals surface area contributed by atoms with E-state index in [1.807, 2.05) is 36.0 Å². The van der Waals surface area contributed by atoms with Crippen LogP contribution < -0.4 is 4.74 Å². The Bertz CT molecular complexity index is 1040. The number of aryl methyl sites for hydroxylation is 1. The Kier molecular flexibility index (Phi) is 11.0. The number of carbonyl (C=O) groups excluding carboxylic acids is 1. The number of thioether (sulfide) groups is 1. The lowest BCUT2D eigenvalue weighted by molar-refractivity contribution is -0.171. The number of rotatable bonds is 13. The van der Waals surface area contributed by atoms with Gasteiger partial charge in [0.05, 0.1) is 6.61 Å². The Balaban J connectivity index is 1.38. The molecule has 192 valence electrons. The highest BCUT2D eigenvalue weighted by molar-refractivity contribution is 7.99. The largest absolute Gasteiger partial charge is 0.493 e. The van der Waals surface area contributed by atoms with Gasteiger partial charge < -0.3 is 4.74 Å². The standard InChI is InChI=1S/C28H27Cl2F3O2S/c29-23-10-6-21(7-11-23)26(22-8-12-24(30)13-9-22)2-1-18-36-19-17-35-25-14-3-20(4-15-25)5-16-27(34)28(31,32)33/h3-4,6-15,26H,1-2,5,16-19H2. The zero-order valence-corrected chi connectivity index (χ0v) is 21.9. The van der Waals surface area contributed by atoms with E-state index < -0.39 is 18.4 Å². The molecule has 0 aliphatic carbocycles. The maximum absolute atomic E-state index is 12.3. The van der Waals surface area contributed by atoms with Gasteiger partial charge in [-0.05, 0) is 78.1 Å². The van der Waals surface area contributed by atoms with Crippen molar-refractivity contribution in [3.05, 3.63) is 99.5 Å². The summed E-state index contributed by atoms with van der Waals surface area (Å²) < 4.78 is 42.7. The molecule has 0 spiro atoms. The van der Waals surface area contributed by atoms with Crippen LogP contribution in [0.4, 0.5) is 13.2 Å². The van der Waals surface area contributed by atoms with E-state index in [9.17, 15) is 18.0 Å². The third-order valence-electron chi connectivity index (χ3n) is 5.70. The van der Waals surface area contributed by atoms with E-state index in [0.717, 1.165) is 34.4 Å². The van der Waals surface area contributed by atoms with Crippen molar-refractivity contribution in [1.82, 2.24) is 0 Å². The first-order valence-corrected chi connectivity index (χ1v) is 13.5. The highest BCUT2D eigenvalue weighted by atomic mass is 35.5. The molecule has 0 radical (unpaired) electrons. The summed E-state index contributed by atoms with van der Waals surface area (Å²) in [6.07, 6.45) is -3.23. The highest BCUT2D eigenvalue weighted by Gasteiger charge is 2.37. The Labute approximate surface area is 224 Å². The minimum atomic E-state index is -4.77. The molecule has 8 heteroatoms. The minimum absolute atomic E-state index is 0.0571. The molecule has 0 unspecified atom stereocenters. The molecule has 0 aliphatic rings. The van der Waals surface area contributed by atoms with Gasteiger partial charge in [-0.3, -0.25) is 4.79 Å². The molecule has 0 saturated heterocycles. The van der Waals surface area contributed by atoms with Gasteiger partial charge >= 0.3 is 6.18 Å². The van der Waals surface area contributed by atoms with E-state index >= 15 is 0 Å². The lowest BCUT2D eigenvalue weighted by atomic mass is 9.88. The summed E-state index contributed by atoms with van der Waals surface area (Å²) in [6, 6.07) is 22.8. The number of Topliss-reactive ketones (excluding diaryl/α,β-unsaturated/α-hetero) is 1. The molecule has 3 aromatic rings. The van der Waals surface area contributed by atoms with Gasteiger partial charge in [0.2, 0.25) is 5.78 Å². The van der Waals surface area contributed by atoms with Gasteiger partial charge in [-0.1, -0.05) is 59.6 Å². The van der Waals surface area contributed by atoms with Gasteiger partial charge in [0, 0.05) is 28.1 Å². The van der Waals surface area contributed by atoms with E-state index in [1.54, 1.807) is 24.3 Å². The average molecular weight is 555 g/mol. The third-order valence-corrected chi connectivity index (χ3v) is 7.24. The highest BCUT2D eigenvalue weighted by Crippen LogP contribution is 2.31. The van der Waals surface area contributed by atoms with Crippen LogP contribution in [0.15, 0.2) is 72.8 Å². The molecule has 0 heterocycles. The van der Waals surface area contributed by atoms with Gasteiger partial charge in [0.25, 0.3) is 0 Å². The maximum Gasteiger partial charge on any atom is 0.449 e. The van der Waals surface area contributed by atoms with Crippen LogP contribution in [0.25, 0.3) is 0 Å². The van der Waals surface area contributed by atoms with Gasteiger partial charge in [0.1, 0.15) is 5.75 Å². The minimum Gasteiger partial charge on any atom is -0.493 e. The van der Waals surface area contributed by atoms with Crippen LogP contribution in [0, 0.1) is 0 Å². The van der Waals surface area contributed by atoms with Crippen LogP contribution in [0.5, 0.6) is 5.75 Å². The van der Waals surface area contributed by atoms with Crippen molar-refractivity contribution in [2.75, 3.05) is 18.1 Å². The lowest BCUT2D eigenvalue weighted by Gasteiger charge is -2.18. The molecule has 3 aromatic carbocycles. The number of ketones is 1. The Hall–Kier alpha value is -2.15. The maximum atomic E-state index is 12.3. The molecule has 0 fully saturated rings. The van der Waals surface area contributed by atoms with Crippen LogP contribution in [0.3, 0.4) is 0 Å². The summed E-state index contributed by atoms with van der Waals surface area (Å²) in [6.45, 7) is 0.536. The Morgan fingerprint density at radius 3 is 1.92 bits per heavy atom. The average Bonchev–Trinajstić information content (AvgIpc) is 2.86. The van der Waals surface area contributed by atoms with Crippen molar-refractivity contribution in [2.45, 2.75) is 37.8 Å². The van der Waals surface area contributed by atoms with Crippen molar-refractivity contribution in [3.8, 4) is 5.75 Å². The second kappa shape index (κ2) is 14.0. The zero-order valence-electron chi connectivity index (χ0n) is 19.6. The number of hydrogen-bond donors (Lipinski definition) is 0. The normalized spacial score (nSPS) is 11.6. The van der Waals surface area contributed by atoms with E-state index in [-0.39, 0.29) is 12.3 Å². The van der Waals surface area contributed by atoms with Crippen LogP contribution in [0.2, 0.25) is 10.0 Å². The number of ether oxygens (including phenoxy) is 1. The summed E-state index contributed by atoms with van der Waals surface area (Å²) in [5, 5.41) is 1.44. The zero-order chi connectivity index (χ0) is 26.0. The number of carbonyl (C=O) groups is 1. The van der Waals surface area contributed by atoms with Crippen LogP contribution in [-0.4, -0.2) is 30.1 Å². The summed E-state index contributed by atoms with van der Waals surface area (Å²) in [7, 11) is 0. The number of alkyl halides is 3. The van der Waals surface area contributed by atoms with Crippen LogP contribution in [-0.2, 0) is 11.2 Å². The van der Waals surface area contributed by atoms with Gasteiger partial charge in [-0.2, -0.15) is 24.9 Å². The molecule has 0 N–H and O–H groups in total. The number of hydrogen-bond acceptors (Lipinski definition) is 3. The first kappa shape index (κ1) is 28.4. The Morgan fingerprint density at radius 2 is 1.39 bits per heavy atom. The summed E-state index contributed by atoms with van der Waals surface area (Å²) in [5.41, 5.74) is 3.12. The molecular weight excluding hydrogens is 528 g/mol. The molecule has 3 rings (SSSR count). The SMILES string of the molecule is O=C(CCc1ccc(OCCSCCCC(c2ccc(Cl)cc2)c2ccc(Cl)cc2)cc1)C(F)(F)F. The smallest absolute Gasteiger partial charge is 0.449 e. The van der Waals surface area contributed by atoms with E-state index in [4.69, 9.17) is 27.9 Å². The van der Waals surface area contributed by atoms with Gasteiger partial charge in [0.15, 0.2) is 0 Å². The van der Waals surface area contributed by atoms with Gasteiger partial charge in [-0.25, -0.2) is 0 Å². The van der Waals surface area contributed by atoms with Crippen molar-refractivity contribution in [3.63, 3.8) is 0 Å².